The molecule has 2 rings (SSSR count). The van der Waals surface area contributed by atoms with Gasteiger partial charge in [0.1, 0.15) is 4.88 Å². The Bertz CT molecular complexity index is 383. The van der Waals surface area contributed by atoms with Crippen molar-refractivity contribution in [2.75, 3.05) is 11.4 Å². The second-order valence-corrected chi connectivity index (χ2v) is 4.19. The van der Waals surface area contributed by atoms with Crippen LogP contribution >= 0.6 is 11.3 Å². The van der Waals surface area contributed by atoms with Gasteiger partial charge in [0.15, 0.2) is 0 Å². The zero-order chi connectivity index (χ0) is 10.1. The van der Waals surface area contributed by atoms with Crippen LogP contribution in [-0.4, -0.2) is 18.2 Å². The van der Waals surface area contributed by atoms with Gasteiger partial charge in [-0.2, -0.15) is 0 Å². The molecule has 2 heterocycles. The van der Waals surface area contributed by atoms with E-state index in [0.29, 0.717) is 11.4 Å². The van der Waals surface area contributed by atoms with Crippen LogP contribution in [0.1, 0.15) is 29.4 Å². The molecule has 0 spiro atoms. The van der Waals surface area contributed by atoms with Crippen LogP contribution in [0.4, 0.5) is 5.69 Å². The van der Waals surface area contributed by atoms with Crippen molar-refractivity contribution >= 4 is 28.7 Å². The number of carbonyl (C=O) groups excluding carboxylic acids is 2. The van der Waals surface area contributed by atoms with E-state index in [4.69, 9.17) is 0 Å². The van der Waals surface area contributed by atoms with Gasteiger partial charge in [-0.3, -0.25) is 9.59 Å². The molecule has 1 amide bonds. The van der Waals surface area contributed by atoms with Crippen molar-refractivity contribution < 1.29 is 9.59 Å². The Kier molecular flexibility index (Phi) is 2.37. The van der Waals surface area contributed by atoms with E-state index in [0.717, 1.165) is 18.5 Å². The van der Waals surface area contributed by atoms with Gasteiger partial charge in [0, 0.05) is 6.54 Å². The summed E-state index contributed by atoms with van der Waals surface area (Å²) in [5, 5.41) is 1.86. The summed E-state index contributed by atoms with van der Waals surface area (Å²) in [7, 11) is 0. The molecular formula is C10H11NO2S. The van der Waals surface area contributed by atoms with E-state index in [-0.39, 0.29) is 11.7 Å². The van der Waals surface area contributed by atoms with E-state index < -0.39 is 0 Å². The van der Waals surface area contributed by atoms with Crippen LogP contribution in [0.3, 0.4) is 0 Å². The largest absolute Gasteiger partial charge is 0.304 e. The van der Waals surface area contributed by atoms with Crippen molar-refractivity contribution in [2.45, 2.75) is 19.8 Å². The molecule has 1 aromatic heterocycles. The number of Topliss-reactive ketones (excluding diaryl/α,β-unsaturated/α-hetero) is 1. The predicted molar refractivity (Wildman–Crippen MR) is 55.9 cm³/mol. The first-order chi connectivity index (χ1) is 6.75. The molecule has 0 aromatic carbocycles. The molecule has 0 bridgehead atoms. The highest BCUT2D eigenvalue weighted by molar-refractivity contribution is 7.14. The highest BCUT2D eigenvalue weighted by Crippen LogP contribution is 2.33. The Labute approximate surface area is 86.3 Å². The molecule has 74 valence electrons. The monoisotopic (exact) mass is 209 g/mol. The topological polar surface area (TPSA) is 37.4 Å². The van der Waals surface area contributed by atoms with E-state index in [1.807, 2.05) is 11.4 Å². The Morgan fingerprint density at radius 3 is 2.93 bits per heavy atom. The highest BCUT2D eigenvalue weighted by Gasteiger charge is 2.36. The molecule has 4 heteroatoms. The predicted octanol–water partition coefficient (Wildman–Crippen LogP) is 2.08. The third kappa shape index (κ3) is 1.26. The summed E-state index contributed by atoms with van der Waals surface area (Å²) in [4.78, 5) is 25.2. The van der Waals surface area contributed by atoms with Gasteiger partial charge >= 0.3 is 0 Å². The van der Waals surface area contributed by atoms with Crippen molar-refractivity contribution in [1.82, 2.24) is 0 Å². The quantitative estimate of drug-likeness (QED) is 0.715. The average molecular weight is 209 g/mol. The van der Waals surface area contributed by atoms with Gasteiger partial charge in [-0.15, -0.1) is 11.3 Å². The van der Waals surface area contributed by atoms with Gasteiger partial charge in [-0.05, 0) is 17.9 Å². The first kappa shape index (κ1) is 9.40. The molecule has 0 aliphatic carbocycles. The Morgan fingerprint density at radius 1 is 1.43 bits per heavy atom. The van der Waals surface area contributed by atoms with Crippen molar-refractivity contribution in [2.24, 2.45) is 0 Å². The SMILES string of the molecule is CCCCN1C(=O)C(=O)c2sccc21. The zero-order valence-electron chi connectivity index (χ0n) is 7.95. The van der Waals surface area contributed by atoms with Crippen molar-refractivity contribution in [1.29, 1.82) is 0 Å². The van der Waals surface area contributed by atoms with E-state index in [9.17, 15) is 9.59 Å². The Hall–Kier alpha value is -1.16. The van der Waals surface area contributed by atoms with E-state index in [1.54, 1.807) is 4.90 Å². The molecule has 0 atom stereocenters. The summed E-state index contributed by atoms with van der Waals surface area (Å²) < 4.78 is 0. The van der Waals surface area contributed by atoms with Gasteiger partial charge < -0.3 is 4.90 Å². The molecule has 0 saturated carbocycles. The van der Waals surface area contributed by atoms with Crippen LogP contribution in [-0.2, 0) is 4.79 Å². The molecular weight excluding hydrogens is 198 g/mol. The molecule has 0 N–H and O–H groups in total. The molecule has 1 aliphatic heterocycles. The first-order valence-corrected chi connectivity index (χ1v) is 5.57. The summed E-state index contributed by atoms with van der Waals surface area (Å²) in [6, 6.07) is 1.85. The number of amides is 1. The van der Waals surface area contributed by atoms with E-state index >= 15 is 0 Å². The van der Waals surface area contributed by atoms with Gasteiger partial charge in [0.2, 0.25) is 0 Å². The second-order valence-electron chi connectivity index (χ2n) is 3.27. The van der Waals surface area contributed by atoms with Gasteiger partial charge in [-0.1, -0.05) is 13.3 Å². The van der Waals surface area contributed by atoms with Crippen LogP contribution < -0.4 is 4.90 Å². The standard InChI is InChI=1S/C10H11NO2S/c1-2-3-5-11-7-4-6-14-9(7)8(12)10(11)13/h4,6H,2-3,5H2,1H3. The number of hydrogen-bond donors (Lipinski definition) is 0. The third-order valence-corrected chi connectivity index (χ3v) is 3.22. The highest BCUT2D eigenvalue weighted by atomic mass is 32.1. The number of fused-ring (bicyclic) bond motifs is 1. The number of ketones is 1. The molecule has 0 fully saturated rings. The maximum absolute atomic E-state index is 11.5. The summed E-state index contributed by atoms with van der Waals surface area (Å²) in [6.07, 6.45) is 1.96. The summed E-state index contributed by atoms with van der Waals surface area (Å²) in [5.41, 5.74) is 0.804. The second kappa shape index (κ2) is 3.53. The Balaban J connectivity index is 2.27. The van der Waals surface area contributed by atoms with Crippen molar-refractivity contribution in [3.63, 3.8) is 0 Å². The van der Waals surface area contributed by atoms with E-state index in [1.165, 1.54) is 11.3 Å². The summed E-state index contributed by atoms with van der Waals surface area (Å²) in [5.74, 6) is -0.702. The van der Waals surface area contributed by atoms with Crippen LogP contribution in [0.2, 0.25) is 0 Å². The number of carbonyl (C=O) groups is 2. The maximum Gasteiger partial charge on any atom is 0.300 e. The minimum atomic E-state index is -0.361. The molecule has 3 nitrogen and oxygen atoms in total. The van der Waals surface area contributed by atoms with Crippen molar-refractivity contribution in [3.05, 3.63) is 16.3 Å². The normalized spacial score (nSPS) is 15.1. The molecule has 0 radical (unpaired) electrons. The van der Waals surface area contributed by atoms with Gasteiger partial charge in [-0.25, -0.2) is 0 Å². The summed E-state index contributed by atoms with van der Waals surface area (Å²) >= 11 is 1.35. The number of rotatable bonds is 3. The fraction of sp³-hybridized carbons (Fsp3) is 0.400. The third-order valence-electron chi connectivity index (χ3n) is 2.32. The lowest BCUT2D eigenvalue weighted by Crippen LogP contribution is -2.30. The van der Waals surface area contributed by atoms with Crippen molar-refractivity contribution in [3.8, 4) is 0 Å². The average Bonchev–Trinajstić information content (AvgIpc) is 2.72. The lowest BCUT2D eigenvalue weighted by Gasteiger charge is -2.13. The number of unbranched alkanes of at least 4 members (excludes halogenated alkanes) is 1. The minimum Gasteiger partial charge on any atom is -0.304 e. The zero-order valence-corrected chi connectivity index (χ0v) is 8.76. The fourth-order valence-corrected chi connectivity index (χ4v) is 2.38. The molecule has 0 unspecified atom stereocenters. The first-order valence-electron chi connectivity index (χ1n) is 4.69. The minimum absolute atomic E-state index is 0.342. The molecule has 1 aromatic rings. The summed E-state index contributed by atoms with van der Waals surface area (Å²) in [6.45, 7) is 2.72. The van der Waals surface area contributed by atoms with Crippen LogP contribution in [0.15, 0.2) is 11.4 Å². The van der Waals surface area contributed by atoms with Gasteiger partial charge in [0.25, 0.3) is 11.7 Å². The number of anilines is 1. The lowest BCUT2D eigenvalue weighted by molar-refractivity contribution is -0.114. The lowest BCUT2D eigenvalue weighted by atomic mass is 10.3. The van der Waals surface area contributed by atoms with Crippen LogP contribution in [0, 0.1) is 0 Å². The number of nitrogens with zero attached hydrogens (tertiary/aromatic N) is 1. The van der Waals surface area contributed by atoms with Crippen LogP contribution in [0.25, 0.3) is 0 Å². The number of thiophene rings is 1. The molecule has 1 aliphatic rings. The smallest absolute Gasteiger partial charge is 0.300 e. The molecule has 0 saturated heterocycles. The number of hydrogen-bond acceptors (Lipinski definition) is 3. The fourth-order valence-electron chi connectivity index (χ4n) is 1.55. The van der Waals surface area contributed by atoms with E-state index in [2.05, 4.69) is 6.92 Å². The molecule has 14 heavy (non-hydrogen) atoms. The Morgan fingerprint density at radius 2 is 2.21 bits per heavy atom. The van der Waals surface area contributed by atoms with Gasteiger partial charge in [0.05, 0.1) is 5.69 Å². The van der Waals surface area contributed by atoms with Crippen LogP contribution in [0.5, 0.6) is 0 Å². The maximum atomic E-state index is 11.5.